The van der Waals surface area contributed by atoms with Gasteiger partial charge in [0.2, 0.25) is 0 Å². The molecule has 1 nitrogen and oxygen atoms in total. The van der Waals surface area contributed by atoms with Crippen LogP contribution in [0.1, 0.15) is 25.3 Å². The molecule has 0 saturated carbocycles. The minimum absolute atomic E-state index is 0.990. The van der Waals surface area contributed by atoms with Gasteiger partial charge in [0.05, 0.1) is 7.11 Å². The maximum Gasteiger partial charge on any atom is 0.126 e. The van der Waals surface area contributed by atoms with E-state index >= 15 is 0 Å². The average molecular weight is 214 g/mol. The summed E-state index contributed by atoms with van der Waals surface area (Å²) in [6.07, 6.45) is 3.61. The SMILES string of the molecule is CCCCc1cc(OC)c2ccccc2c1. The number of unbranched alkanes of at least 4 members (excludes halogenated alkanes) is 1. The van der Waals surface area contributed by atoms with E-state index in [1.165, 1.54) is 29.2 Å². The summed E-state index contributed by atoms with van der Waals surface area (Å²) in [6.45, 7) is 2.22. The molecule has 1 heteroatoms. The standard InChI is InChI=1S/C15H18O/c1-3-4-7-12-10-13-8-5-6-9-14(13)15(11-12)16-2/h5-6,8-11H,3-4,7H2,1-2H3. The minimum Gasteiger partial charge on any atom is -0.496 e. The van der Waals surface area contributed by atoms with Crippen molar-refractivity contribution in [2.24, 2.45) is 0 Å². The summed E-state index contributed by atoms with van der Waals surface area (Å²) < 4.78 is 5.45. The quantitative estimate of drug-likeness (QED) is 0.741. The number of ether oxygens (including phenoxy) is 1. The fraction of sp³-hybridized carbons (Fsp3) is 0.333. The van der Waals surface area contributed by atoms with Crippen molar-refractivity contribution in [3.8, 4) is 5.75 Å². The zero-order valence-corrected chi connectivity index (χ0v) is 9.99. The van der Waals surface area contributed by atoms with Crippen molar-refractivity contribution in [1.29, 1.82) is 0 Å². The van der Waals surface area contributed by atoms with E-state index in [9.17, 15) is 0 Å². The molecule has 0 unspecified atom stereocenters. The molecule has 0 aromatic heterocycles. The van der Waals surface area contributed by atoms with Gasteiger partial charge in [-0.3, -0.25) is 0 Å². The molecule has 0 aliphatic rings. The van der Waals surface area contributed by atoms with Gasteiger partial charge in [-0.2, -0.15) is 0 Å². The Bertz CT molecular complexity index is 474. The number of benzene rings is 2. The zero-order valence-electron chi connectivity index (χ0n) is 9.99. The van der Waals surface area contributed by atoms with E-state index in [0.717, 1.165) is 12.2 Å². The highest BCUT2D eigenvalue weighted by atomic mass is 16.5. The van der Waals surface area contributed by atoms with Crippen molar-refractivity contribution < 1.29 is 4.74 Å². The molecule has 2 aromatic rings. The Hall–Kier alpha value is -1.50. The van der Waals surface area contributed by atoms with E-state index in [2.05, 4.69) is 43.3 Å². The first-order valence-electron chi connectivity index (χ1n) is 5.91. The van der Waals surface area contributed by atoms with Crippen molar-refractivity contribution in [3.63, 3.8) is 0 Å². The van der Waals surface area contributed by atoms with Crippen LogP contribution < -0.4 is 4.74 Å². The predicted molar refractivity (Wildman–Crippen MR) is 69.1 cm³/mol. The molecule has 0 atom stereocenters. The maximum atomic E-state index is 5.45. The van der Waals surface area contributed by atoms with E-state index in [-0.39, 0.29) is 0 Å². The van der Waals surface area contributed by atoms with Crippen molar-refractivity contribution in [3.05, 3.63) is 42.0 Å². The van der Waals surface area contributed by atoms with Gasteiger partial charge in [0.15, 0.2) is 0 Å². The number of rotatable bonds is 4. The molecule has 0 N–H and O–H groups in total. The molecule has 0 spiro atoms. The number of aryl methyl sites for hydroxylation is 1. The van der Waals surface area contributed by atoms with Gasteiger partial charge in [0.25, 0.3) is 0 Å². The third-order valence-corrected chi connectivity index (χ3v) is 2.92. The van der Waals surface area contributed by atoms with Crippen LogP contribution in [0.4, 0.5) is 0 Å². The number of hydrogen-bond donors (Lipinski definition) is 0. The van der Waals surface area contributed by atoms with Crippen LogP contribution in [-0.2, 0) is 6.42 Å². The maximum absolute atomic E-state index is 5.45. The lowest BCUT2D eigenvalue weighted by Gasteiger charge is -2.08. The number of hydrogen-bond acceptors (Lipinski definition) is 1. The summed E-state index contributed by atoms with van der Waals surface area (Å²) in [6, 6.07) is 12.8. The van der Waals surface area contributed by atoms with E-state index in [1.807, 2.05) is 0 Å². The Morgan fingerprint density at radius 2 is 1.94 bits per heavy atom. The van der Waals surface area contributed by atoms with Crippen molar-refractivity contribution in [2.45, 2.75) is 26.2 Å². The van der Waals surface area contributed by atoms with Crippen LogP contribution in [0.15, 0.2) is 36.4 Å². The second-order valence-corrected chi connectivity index (χ2v) is 4.12. The van der Waals surface area contributed by atoms with Gasteiger partial charge in [-0.05, 0) is 29.9 Å². The van der Waals surface area contributed by atoms with Gasteiger partial charge in [-0.15, -0.1) is 0 Å². The molecule has 0 amide bonds. The normalized spacial score (nSPS) is 10.6. The third-order valence-electron chi connectivity index (χ3n) is 2.92. The van der Waals surface area contributed by atoms with Gasteiger partial charge in [-0.1, -0.05) is 43.7 Å². The van der Waals surface area contributed by atoms with E-state index in [0.29, 0.717) is 0 Å². The highest BCUT2D eigenvalue weighted by molar-refractivity contribution is 5.89. The van der Waals surface area contributed by atoms with E-state index < -0.39 is 0 Å². The minimum atomic E-state index is 0.990. The van der Waals surface area contributed by atoms with Gasteiger partial charge >= 0.3 is 0 Å². The molecule has 84 valence electrons. The summed E-state index contributed by atoms with van der Waals surface area (Å²) in [7, 11) is 1.74. The van der Waals surface area contributed by atoms with E-state index in [4.69, 9.17) is 4.74 Å². The largest absolute Gasteiger partial charge is 0.496 e. The topological polar surface area (TPSA) is 9.23 Å². The van der Waals surface area contributed by atoms with Crippen LogP contribution in [0.3, 0.4) is 0 Å². The summed E-state index contributed by atoms with van der Waals surface area (Å²) in [5.74, 6) is 0.990. The van der Waals surface area contributed by atoms with Gasteiger partial charge in [0.1, 0.15) is 5.75 Å². The predicted octanol–water partition coefficient (Wildman–Crippen LogP) is 4.19. The first kappa shape index (κ1) is 11.0. The third kappa shape index (κ3) is 2.19. The van der Waals surface area contributed by atoms with Gasteiger partial charge in [0, 0.05) is 5.39 Å². The van der Waals surface area contributed by atoms with Gasteiger partial charge in [-0.25, -0.2) is 0 Å². The molecular weight excluding hydrogens is 196 g/mol. The molecule has 2 rings (SSSR count). The first-order chi connectivity index (χ1) is 7.85. The first-order valence-corrected chi connectivity index (χ1v) is 5.91. The molecular formula is C15H18O. The summed E-state index contributed by atoms with van der Waals surface area (Å²) in [5.41, 5.74) is 1.37. The molecule has 0 fully saturated rings. The van der Waals surface area contributed by atoms with Crippen molar-refractivity contribution >= 4 is 10.8 Å². The Labute approximate surface area is 97.1 Å². The van der Waals surface area contributed by atoms with E-state index in [1.54, 1.807) is 7.11 Å². The molecule has 0 aliphatic carbocycles. The Morgan fingerprint density at radius 1 is 1.12 bits per heavy atom. The van der Waals surface area contributed by atoms with Crippen LogP contribution in [0.5, 0.6) is 5.75 Å². The van der Waals surface area contributed by atoms with Crippen LogP contribution in [0.2, 0.25) is 0 Å². The summed E-state index contributed by atoms with van der Waals surface area (Å²) in [4.78, 5) is 0. The lowest BCUT2D eigenvalue weighted by atomic mass is 10.0. The van der Waals surface area contributed by atoms with Crippen molar-refractivity contribution in [2.75, 3.05) is 7.11 Å². The molecule has 16 heavy (non-hydrogen) atoms. The Kier molecular flexibility index (Phi) is 3.45. The highest BCUT2D eigenvalue weighted by Crippen LogP contribution is 2.27. The monoisotopic (exact) mass is 214 g/mol. The lowest BCUT2D eigenvalue weighted by Crippen LogP contribution is -1.90. The summed E-state index contributed by atoms with van der Waals surface area (Å²) >= 11 is 0. The fourth-order valence-electron chi connectivity index (χ4n) is 2.03. The Balaban J connectivity index is 2.46. The Morgan fingerprint density at radius 3 is 2.69 bits per heavy atom. The lowest BCUT2D eigenvalue weighted by molar-refractivity contribution is 0.419. The molecule has 0 aliphatic heterocycles. The second kappa shape index (κ2) is 5.02. The molecule has 0 saturated heterocycles. The van der Waals surface area contributed by atoms with Crippen LogP contribution in [-0.4, -0.2) is 7.11 Å². The van der Waals surface area contributed by atoms with Gasteiger partial charge < -0.3 is 4.74 Å². The number of fused-ring (bicyclic) bond motifs is 1. The molecule has 2 aromatic carbocycles. The van der Waals surface area contributed by atoms with Crippen LogP contribution >= 0.6 is 0 Å². The number of methoxy groups -OCH3 is 1. The van der Waals surface area contributed by atoms with Crippen molar-refractivity contribution in [1.82, 2.24) is 0 Å². The van der Waals surface area contributed by atoms with Crippen LogP contribution in [0.25, 0.3) is 10.8 Å². The molecule has 0 bridgehead atoms. The molecule has 0 heterocycles. The van der Waals surface area contributed by atoms with Crippen LogP contribution in [0, 0.1) is 0 Å². The summed E-state index contributed by atoms with van der Waals surface area (Å²) in [5, 5.41) is 2.47. The highest BCUT2D eigenvalue weighted by Gasteiger charge is 2.03. The second-order valence-electron chi connectivity index (χ2n) is 4.12. The average Bonchev–Trinajstić information content (AvgIpc) is 2.35. The molecule has 0 radical (unpaired) electrons. The zero-order chi connectivity index (χ0) is 11.4. The fourth-order valence-corrected chi connectivity index (χ4v) is 2.03. The smallest absolute Gasteiger partial charge is 0.126 e.